The molecule has 12 heteroatoms. The Hall–Kier alpha value is -3.20. The van der Waals surface area contributed by atoms with Crippen molar-refractivity contribution < 1.29 is 31.5 Å². The van der Waals surface area contributed by atoms with Crippen LogP contribution >= 0.6 is 0 Å². The number of rotatable bonds is 4. The van der Waals surface area contributed by atoms with Crippen molar-refractivity contribution in [2.45, 2.75) is 28.8 Å². The van der Waals surface area contributed by atoms with Gasteiger partial charge in [-0.1, -0.05) is 12.1 Å². The monoisotopic (exact) mass is 426 g/mol. The van der Waals surface area contributed by atoms with Crippen molar-refractivity contribution in [3.05, 3.63) is 47.9 Å². The largest absolute Gasteiger partial charge is 0.480 e. The van der Waals surface area contributed by atoms with Gasteiger partial charge in [0.25, 0.3) is 0 Å². The predicted octanol–water partition coefficient (Wildman–Crippen LogP) is 1.87. The number of nitrogens with zero attached hydrogens (tertiary/aromatic N) is 4. The number of halogens is 3. The van der Waals surface area contributed by atoms with E-state index in [1.807, 2.05) is 0 Å². The zero-order chi connectivity index (χ0) is 21.4. The van der Waals surface area contributed by atoms with Crippen LogP contribution in [-0.2, 0) is 20.8 Å². The van der Waals surface area contributed by atoms with Crippen LogP contribution in [0.2, 0.25) is 0 Å². The van der Waals surface area contributed by atoms with Crippen LogP contribution in [0.25, 0.3) is 0 Å². The second kappa shape index (κ2) is 7.32. The lowest BCUT2D eigenvalue weighted by molar-refractivity contribution is -0.140. The molecule has 1 aliphatic heterocycles. The zero-order valence-electron chi connectivity index (χ0n) is 14.5. The van der Waals surface area contributed by atoms with Gasteiger partial charge < -0.3 is 10.0 Å². The van der Waals surface area contributed by atoms with Gasteiger partial charge in [0.15, 0.2) is 9.84 Å². The maximum atomic E-state index is 13.3. The Morgan fingerprint density at radius 3 is 2.59 bits per heavy atom. The maximum absolute atomic E-state index is 13.3. The lowest BCUT2D eigenvalue weighted by Crippen LogP contribution is -2.36. The minimum atomic E-state index is -4.89. The fraction of sp³-hybridized carbons (Fsp3) is 0.294. The summed E-state index contributed by atoms with van der Waals surface area (Å²) in [5.41, 5.74) is -1.31. The van der Waals surface area contributed by atoms with Crippen molar-refractivity contribution in [1.29, 1.82) is 5.26 Å². The van der Waals surface area contributed by atoms with Crippen LogP contribution in [0, 0.1) is 11.3 Å². The summed E-state index contributed by atoms with van der Waals surface area (Å²) in [5, 5.41) is 17.0. The summed E-state index contributed by atoms with van der Waals surface area (Å²) in [4.78, 5) is 19.4. The summed E-state index contributed by atoms with van der Waals surface area (Å²) in [6.45, 7) is -0.395. The number of hydrogen-bond donors (Lipinski definition) is 1. The van der Waals surface area contributed by atoms with Crippen LogP contribution in [0.15, 0.2) is 41.4 Å². The molecule has 0 amide bonds. The van der Waals surface area contributed by atoms with Gasteiger partial charge in [0.2, 0.25) is 5.82 Å². The summed E-state index contributed by atoms with van der Waals surface area (Å²) in [6.07, 6.45) is -4.11. The summed E-state index contributed by atoms with van der Waals surface area (Å²) in [7, 11) is -4.51. The van der Waals surface area contributed by atoms with E-state index in [4.69, 9.17) is 5.26 Å². The number of aromatic nitrogens is 2. The minimum Gasteiger partial charge on any atom is -0.480 e. The molecule has 0 radical (unpaired) electrons. The number of hydrogen-bond acceptors (Lipinski definition) is 7. The van der Waals surface area contributed by atoms with E-state index in [1.165, 1.54) is 18.3 Å². The standard InChI is InChI=1S/C17H13F3N4O4S/c18-17(19,20)11-3-1-2-4-13(11)29(27,28)10-7-12(16(25)26)24(9-10)15-5-6-22-14(8-21)23-15/h1-6,10,12H,7,9H2,(H,25,26). The first-order chi connectivity index (χ1) is 13.6. The third kappa shape index (κ3) is 3.86. The Balaban J connectivity index is 2.03. The molecule has 1 aromatic heterocycles. The van der Waals surface area contributed by atoms with Crippen molar-refractivity contribution >= 4 is 21.6 Å². The SMILES string of the molecule is N#Cc1nccc(N2CC(S(=O)(=O)c3ccccc3C(F)(F)F)CC2C(=O)O)n1. The minimum absolute atomic E-state index is 0.00533. The predicted molar refractivity (Wildman–Crippen MR) is 92.6 cm³/mol. The third-order valence-corrected chi connectivity index (χ3v) is 6.71. The first-order valence-electron chi connectivity index (χ1n) is 8.18. The first-order valence-corrected chi connectivity index (χ1v) is 9.73. The molecule has 2 aromatic rings. The van der Waals surface area contributed by atoms with E-state index in [1.54, 1.807) is 6.07 Å². The lowest BCUT2D eigenvalue weighted by atomic mass is 10.2. The normalized spacial score (nSPS) is 19.7. The molecule has 1 aliphatic rings. The van der Waals surface area contributed by atoms with Crippen LogP contribution in [0.3, 0.4) is 0 Å². The van der Waals surface area contributed by atoms with Crippen LogP contribution < -0.4 is 4.90 Å². The van der Waals surface area contributed by atoms with Gasteiger partial charge in [-0.05, 0) is 24.6 Å². The zero-order valence-corrected chi connectivity index (χ0v) is 15.4. The van der Waals surface area contributed by atoms with Gasteiger partial charge in [-0.15, -0.1) is 0 Å². The number of carbonyl (C=O) groups is 1. The number of alkyl halides is 3. The summed E-state index contributed by atoms with van der Waals surface area (Å²) in [5.74, 6) is -1.60. The molecule has 0 bridgehead atoms. The highest BCUT2D eigenvalue weighted by Crippen LogP contribution is 2.38. The Morgan fingerprint density at radius 1 is 1.28 bits per heavy atom. The van der Waals surface area contributed by atoms with E-state index >= 15 is 0 Å². The Labute approximate surface area is 163 Å². The Kier molecular flexibility index (Phi) is 5.18. The van der Waals surface area contributed by atoms with Gasteiger partial charge in [-0.2, -0.15) is 18.4 Å². The van der Waals surface area contributed by atoms with Crippen molar-refractivity contribution in [2.24, 2.45) is 0 Å². The lowest BCUT2D eigenvalue weighted by Gasteiger charge is -2.22. The van der Waals surface area contributed by atoms with E-state index in [0.29, 0.717) is 6.07 Å². The molecule has 2 atom stereocenters. The highest BCUT2D eigenvalue weighted by molar-refractivity contribution is 7.92. The molecule has 3 rings (SSSR count). The topological polar surface area (TPSA) is 124 Å². The van der Waals surface area contributed by atoms with Crippen molar-refractivity contribution in [3.8, 4) is 6.07 Å². The fourth-order valence-electron chi connectivity index (χ4n) is 3.20. The molecule has 1 saturated heterocycles. The van der Waals surface area contributed by atoms with E-state index in [2.05, 4.69) is 9.97 Å². The number of carboxylic acids is 1. The van der Waals surface area contributed by atoms with Gasteiger partial charge in [0.1, 0.15) is 17.9 Å². The highest BCUT2D eigenvalue weighted by atomic mass is 32.2. The molecule has 29 heavy (non-hydrogen) atoms. The highest BCUT2D eigenvalue weighted by Gasteiger charge is 2.46. The molecule has 0 aliphatic carbocycles. The molecule has 0 spiro atoms. The van der Waals surface area contributed by atoms with Crippen LogP contribution in [-0.4, -0.2) is 47.3 Å². The van der Waals surface area contributed by atoms with Crippen molar-refractivity contribution in [2.75, 3.05) is 11.4 Å². The molecule has 2 heterocycles. The van der Waals surface area contributed by atoms with E-state index in [0.717, 1.165) is 17.0 Å². The van der Waals surface area contributed by atoms with Gasteiger partial charge in [-0.3, -0.25) is 0 Å². The smallest absolute Gasteiger partial charge is 0.417 e. The number of carboxylic acid groups (broad SMARTS) is 1. The molecule has 0 saturated carbocycles. The molecular formula is C17H13F3N4O4S. The molecule has 1 N–H and O–H groups in total. The number of sulfone groups is 1. The van der Waals surface area contributed by atoms with Crippen LogP contribution in [0.5, 0.6) is 0 Å². The average molecular weight is 426 g/mol. The molecule has 8 nitrogen and oxygen atoms in total. The van der Waals surface area contributed by atoms with Gasteiger partial charge >= 0.3 is 12.1 Å². The summed E-state index contributed by atoms with van der Waals surface area (Å²) in [6, 6.07) is 5.42. The molecule has 2 unspecified atom stereocenters. The van der Waals surface area contributed by atoms with Gasteiger partial charge in [0, 0.05) is 12.7 Å². The van der Waals surface area contributed by atoms with Gasteiger partial charge in [0.05, 0.1) is 15.7 Å². The maximum Gasteiger partial charge on any atom is 0.417 e. The fourth-order valence-corrected chi connectivity index (χ4v) is 5.11. The first kappa shape index (κ1) is 20.5. The number of anilines is 1. The molecular weight excluding hydrogens is 413 g/mol. The van der Waals surface area contributed by atoms with Crippen molar-refractivity contribution in [1.82, 2.24) is 9.97 Å². The van der Waals surface area contributed by atoms with Gasteiger partial charge in [-0.25, -0.2) is 23.2 Å². The molecule has 1 fully saturated rings. The molecule has 1 aromatic carbocycles. The molecule has 152 valence electrons. The Morgan fingerprint density at radius 2 is 1.97 bits per heavy atom. The third-order valence-electron chi connectivity index (χ3n) is 4.52. The second-order valence-electron chi connectivity index (χ2n) is 6.25. The van der Waals surface area contributed by atoms with E-state index < -0.39 is 56.7 Å². The van der Waals surface area contributed by atoms with E-state index in [-0.39, 0.29) is 11.6 Å². The summed E-state index contributed by atoms with van der Waals surface area (Å²) < 4.78 is 65.8. The Bertz CT molecular complexity index is 1100. The number of nitriles is 1. The number of aliphatic carboxylic acids is 1. The van der Waals surface area contributed by atoms with Crippen LogP contribution in [0.4, 0.5) is 19.0 Å². The quantitative estimate of drug-likeness (QED) is 0.786. The van der Waals surface area contributed by atoms with E-state index in [9.17, 15) is 31.5 Å². The number of benzene rings is 1. The summed E-state index contributed by atoms with van der Waals surface area (Å²) >= 11 is 0. The van der Waals surface area contributed by atoms with Crippen molar-refractivity contribution in [3.63, 3.8) is 0 Å². The second-order valence-corrected chi connectivity index (χ2v) is 8.45. The average Bonchev–Trinajstić information content (AvgIpc) is 3.14. The van der Waals surface area contributed by atoms with Crippen LogP contribution in [0.1, 0.15) is 17.8 Å².